The molecule has 0 aliphatic heterocycles. The first-order valence-electron chi connectivity index (χ1n) is 6.04. The molecule has 1 unspecified atom stereocenters. The lowest BCUT2D eigenvalue weighted by atomic mass is 10.0. The van der Waals surface area contributed by atoms with Crippen molar-refractivity contribution >= 4 is 0 Å². The Bertz CT molecular complexity index is 528. The van der Waals surface area contributed by atoms with E-state index in [1.54, 1.807) is 32.5 Å². The summed E-state index contributed by atoms with van der Waals surface area (Å²) in [5.41, 5.74) is 1.57. The lowest BCUT2D eigenvalue weighted by molar-refractivity contribution is 0.172. The predicted molar refractivity (Wildman–Crippen MR) is 72.4 cm³/mol. The van der Waals surface area contributed by atoms with Gasteiger partial charge in [0.05, 0.1) is 20.3 Å². The second-order valence-electron chi connectivity index (χ2n) is 4.15. The maximum absolute atomic E-state index is 10.3. The number of ether oxygens (including phenoxy) is 2. The highest BCUT2D eigenvalue weighted by molar-refractivity contribution is 5.42. The lowest BCUT2D eigenvalue weighted by Crippen LogP contribution is -2.05. The number of hydrogen-bond acceptors (Lipinski definition) is 4. The average molecular weight is 259 g/mol. The Hall–Kier alpha value is -2.07. The Balaban J connectivity index is 2.21. The van der Waals surface area contributed by atoms with Crippen LogP contribution < -0.4 is 9.47 Å². The van der Waals surface area contributed by atoms with Crippen molar-refractivity contribution in [2.24, 2.45) is 0 Å². The third-order valence-corrected chi connectivity index (χ3v) is 2.93. The van der Waals surface area contributed by atoms with E-state index in [9.17, 15) is 5.11 Å². The molecule has 1 atom stereocenters. The molecular formula is C15H17NO3. The molecule has 1 aromatic heterocycles. The van der Waals surface area contributed by atoms with Gasteiger partial charge >= 0.3 is 0 Å². The van der Waals surface area contributed by atoms with Crippen molar-refractivity contribution in [2.45, 2.75) is 12.5 Å². The molecule has 0 spiro atoms. The van der Waals surface area contributed by atoms with Gasteiger partial charge in [0, 0.05) is 29.9 Å². The molecule has 1 heterocycles. The highest BCUT2D eigenvalue weighted by Gasteiger charge is 2.15. The van der Waals surface area contributed by atoms with E-state index in [-0.39, 0.29) is 0 Å². The van der Waals surface area contributed by atoms with Crippen molar-refractivity contribution in [3.63, 3.8) is 0 Å². The van der Waals surface area contributed by atoms with Gasteiger partial charge in [-0.3, -0.25) is 4.98 Å². The number of hydrogen-bond donors (Lipinski definition) is 1. The molecule has 0 radical (unpaired) electrons. The molecule has 0 bridgehead atoms. The van der Waals surface area contributed by atoms with Gasteiger partial charge in [-0.15, -0.1) is 0 Å². The molecule has 4 heteroatoms. The fourth-order valence-corrected chi connectivity index (χ4v) is 1.92. The monoisotopic (exact) mass is 259 g/mol. The summed E-state index contributed by atoms with van der Waals surface area (Å²) in [5, 5.41) is 10.3. The van der Waals surface area contributed by atoms with Crippen molar-refractivity contribution in [1.82, 2.24) is 4.98 Å². The normalized spacial score (nSPS) is 11.9. The molecule has 0 amide bonds. The number of aliphatic hydroxyl groups is 1. The molecule has 0 saturated carbocycles. The summed E-state index contributed by atoms with van der Waals surface area (Å²) in [7, 11) is 3.17. The van der Waals surface area contributed by atoms with E-state index in [0.29, 0.717) is 17.9 Å². The smallest absolute Gasteiger partial charge is 0.128 e. The van der Waals surface area contributed by atoms with Crippen LogP contribution >= 0.6 is 0 Å². The van der Waals surface area contributed by atoms with Crippen LogP contribution in [0.2, 0.25) is 0 Å². The van der Waals surface area contributed by atoms with Crippen molar-refractivity contribution in [1.29, 1.82) is 0 Å². The third-order valence-electron chi connectivity index (χ3n) is 2.93. The highest BCUT2D eigenvalue weighted by atomic mass is 16.5. The Kier molecular flexibility index (Phi) is 4.36. The van der Waals surface area contributed by atoms with E-state index in [1.807, 2.05) is 24.3 Å². The van der Waals surface area contributed by atoms with E-state index >= 15 is 0 Å². The highest BCUT2D eigenvalue weighted by Crippen LogP contribution is 2.30. The predicted octanol–water partition coefficient (Wildman–Crippen LogP) is 2.37. The number of aliphatic hydroxyl groups excluding tert-OH is 1. The van der Waals surface area contributed by atoms with Crippen LogP contribution in [0.15, 0.2) is 42.6 Å². The van der Waals surface area contributed by atoms with E-state index in [0.717, 1.165) is 11.3 Å². The van der Waals surface area contributed by atoms with Gasteiger partial charge in [0.1, 0.15) is 11.5 Å². The summed E-state index contributed by atoms with van der Waals surface area (Å²) in [4.78, 5) is 4.21. The molecule has 0 aliphatic carbocycles. The fourth-order valence-electron chi connectivity index (χ4n) is 1.92. The van der Waals surface area contributed by atoms with Gasteiger partial charge in [-0.05, 0) is 24.3 Å². The van der Waals surface area contributed by atoms with Gasteiger partial charge in [0.25, 0.3) is 0 Å². The van der Waals surface area contributed by atoms with Gasteiger partial charge in [-0.1, -0.05) is 6.07 Å². The van der Waals surface area contributed by atoms with Crippen molar-refractivity contribution in [2.75, 3.05) is 14.2 Å². The molecule has 0 fully saturated rings. The number of pyridine rings is 1. The molecule has 100 valence electrons. The minimum atomic E-state index is -0.657. The average Bonchev–Trinajstić information content (AvgIpc) is 2.47. The largest absolute Gasteiger partial charge is 0.497 e. The number of aromatic nitrogens is 1. The minimum Gasteiger partial charge on any atom is -0.497 e. The topological polar surface area (TPSA) is 51.6 Å². The number of rotatable bonds is 5. The van der Waals surface area contributed by atoms with Gasteiger partial charge in [-0.25, -0.2) is 0 Å². The minimum absolute atomic E-state index is 0.448. The molecule has 0 aliphatic rings. The number of methoxy groups -OCH3 is 2. The van der Waals surface area contributed by atoms with Crippen LogP contribution in [-0.2, 0) is 6.42 Å². The maximum atomic E-state index is 10.3. The molecule has 2 rings (SSSR count). The van der Waals surface area contributed by atoms with Crippen LogP contribution in [0.4, 0.5) is 0 Å². The Morgan fingerprint density at radius 1 is 1.16 bits per heavy atom. The summed E-state index contributed by atoms with van der Waals surface area (Å²) in [5.74, 6) is 1.31. The Morgan fingerprint density at radius 3 is 2.63 bits per heavy atom. The van der Waals surface area contributed by atoms with Crippen molar-refractivity contribution in [3.05, 3.63) is 53.9 Å². The number of benzene rings is 1. The molecule has 1 N–H and O–H groups in total. The summed E-state index contributed by atoms with van der Waals surface area (Å²) in [6.45, 7) is 0. The molecule has 19 heavy (non-hydrogen) atoms. The zero-order valence-corrected chi connectivity index (χ0v) is 11.0. The maximum Gasteiger partial charge on any atom is 0.128 e. The second kappa shape index (κ2) is 6.20. The van der Waals surface area contributed by atoms with Crippen LogP contribution in [0.3, 0.4) is 0 Å². The van der Waals surface area contributed by atoms with Gasteiger partial charge in [0.15, 0.2) is 0 Å². The zero-order chi connectivity index (χ0) is 13.7. The van der Waals surface area contributed by atoms with E-state index < -0.39 is 6.10 Å². The van der Waals surface area contributed by atoms with Crippen LogP contribution in [0.5, 0.6) is 11.5 Å². The molecule has 1 aromatic carbocycles. The van der Waals surface area contributed by atoms with Crippen LogP contribution in [0, 0.1) is 0 Å². The first kappa shape index (κ1) is 13.4. The SMILES string of the molecule is COc1ccc(C(O)Cc2ccccn2)c(OC)c1. The molecule has 0 saturated heterocycles. The van der Waals surface area contributed by atoms with E-state index in [1.165, 1.54) is 0 Å². The quantitative estimate of drug-likeness (QED) is 0.895. The van der Waals surface area contributed by atoms with E-state index in [2.05, 4.69) is 4.98 Å². The van der Waals surface area contributed by atoms with Gasteiger partial charge in [-0.2, -0.15) is 0 Å². The van der Waals surface area contributed by atoms with Crippen molar-refractivity contribution < 1.29 is 14.6 Å². The van der Waals surface area contributed by atoms with Gasteiger partial charge < -0.3 is 14.6 Å². The van der Waals surface area contributed by atoms with E-state index in [4.69, 9.17) is 9.47 Å². The summed E-state index contributed by atoms with van der Waals surface area (Å²) >= 11 is 0. The molecule has 2 aromatic rings. The molecular weight excluding hydrogens is 242 g/mol. The number of nitrogens with zero attached hydrogens (tertiary/aromatic N) is 1. The van der Waals surface area contributed by atoms with Crippen LogP contribution in [-0.4, -0.2) is 24.3 Å². The molecule has 4 nitrogen and oxygen atoms in total. The lowest BCUT2D eigenvalue weighted by Gasteiger charge is -2.15. The first-order valence-corrected chi connectivity index (χ1v) is 6.04. The standard InChI is InChI=1S/C15H17NO3/c1-18-12-6-7-13(15(10-12)19-2)14(17)9-11-5-3-4-8-16-11/h3-8,10,14,17H,9H2,1-2H3. The summed E-state index contributed by atoms with van der Waals surface area (Å²) in [6, 6.07) is 11.0. The third kappa shape index (κ3) is 3.23. The Labute approximate surface area is 112 Å². The van der Waals surface area contributed by atoms with Crippen LogP contribution in [0.25, 0.3) is 0 Å². The van der Waals surface area contributed by atoms with Crippen molar-refractivity contribution in [3.8, 4) is 11.5 Å². The first-order chi connectivity index (χ1) is 9.24. The summed E-state index contributed by atoms with van der Waals surface area (Å²) in [6.07, 6.45) is 1.51. The zero-order valence-electron chi connectivity index (χ0n) is 11.0. The Morgan fingerprint density at radius 2 is 2.00 bits per heavy atom. The van der Waals surface area contributed by atoms with Crippen LogP contribution in [0.1, 0.15) is 17.4 Å². The second-order valence-corrected chi connectivity index (χ2v) is 4.15. The van der Waals surface area contributed by atoms with Gasteiger partial charge in [0.2, 0.25) is 0 Å². The summed E-state index contributed by atoms with van der Waals surface area (Å²) < 4.78 is 10.4. The fraction of sp³-hybridized carbons (Fsp3) is 0.267.